The van der Waals surface area contributed by atoms with Crippen molar-refractivity contribution in [2.24, 2.45) is 5.73 Å². The highest BCUT2D eigenvalue weighted by atomic mass is 14.7. The molecule has 1 unspecified atom stereocenters. The van der Waals surface area contributed by atoms with Crippen molar-refractivity contribution in [1.29, 1.82) is 0 Å². The maximum absolute atomic E-state index is 6.52. The summed E-state index contributed by atoms with van der Waals surface area (Å²) in [7, 11) is 0. The molecule has 1 saturated carbocycles. The lowest BCUT2D eigenvalue weighted by molar-refractivity contribution is 0.514. The number of benzene rings is 2. The van der Waals surface area contributed by atoms with Gasteiger partial charge in [0.15, 0.2) is 0 Å². The molecule has 2 aromatic carbocycles. The molecule has 3 rings (SSSR count). The van der Waals surface area contributed by atoms with Crippen molar-refractivity contribution in [1.82, 2.24) is 0 Å². The predicted molar refractivity (Wildman–Crippen MR) is 80.2 cm³/mol. The number of hydrogen-bond acceptors (Lipinski definition) is 1. The molecule has 0 amide bonds. The molecule has 1 aliphatic rings. The molecular formula is C18H21N. The van der Waals surface area contributed by atoms with Gasteiger partial charge >= 0.3 is 0 Å². The Bertz CT molecular complexity index is 538. The van der Waals surface area contributed by atoms with E-state index in [0.717, 1.165) is 6.42 Å². The van der Waals surface area contributed by atoms with Crippen molar-refractivity contribution in [2.75, 3.05) is 0 Å². The van der Waals surface area contributed by atoms with E-state index in [2.05, 4.69) is 61.5 Å². The van der Waals surface area contributed by atoms with E-state index in [1.807, 2.05) is 0 Å². The Kier molecular flexibility index (Phi) is 3.16. The third-order valence-electron chi connectivity index (χ3n) is 4.42. The highest BCUT2D eigenvalue weighted by Crippen LogP contribution is 2.50. The molecule has 1 nitrogen and oxygen atoms in total. The minimum absolute atomic E-state index is 0.220. The number of nitrogens with two attached hydrogens (primary N) is 1. The molecule has 1 atom stereocenters. The highest BCUT2D eigenvalue weighted by Gasteiger charge is 2.48. The predicted octanol–water partition coefficient (Wildman–Crippen LogP) is 3.60. The van der Waals surface area contributed by atoms with Crippen LogP contribution in [0.3, 0.4) is 0 Å². The molecule has 0 bridgehead atoms. The van der Waals surface area contributed by atoms with Gasteiger partial charge in [-0.1, -0.05) is 60.2 Å². The monoisotopic (exact) mass is 251 g/mol. The molecule has 1 fully saturated rings. The van der Waals surface area contributed by atoms with Gasteiger partial charge in [-0.25, -0.2) is 0 Å². The van der Waals surface area contributed by atoms with E-state index in [0.29, 0.717) is 0 Å². The fraction of sp³-hybridized carbons (Fsp3) is 0.333. The Morgan fingerprint density at radius 2 is 1.63 bits per heavy atom. The fourth-order valence-electron chi connectivity index (χ4n) is 2.95. The first-order valence-electron chi connectivity index (χ1n) is 7.07. The largest absolute Gasteiger partial charge is 0.327 e. The van der Waals surface area contributed by atoms with Crippen molar-refractivity contribution >= 4 is 0 Å². The highest BCUT2D eigenvalue weighted by molar-refractivity contribution is 5.35. The molecule has 0 saturated heterocycles. The third-order valence-corrected chi connectivity index (χ3v) is 4.42. The van der Waals surface area contributed by atoms with E-state index in [1.54, 1.807) is 0 Å². The van der Waals surface area contributed by atoms with Gasteiger partial charge in [0.25, 0.3) is 0 Å². The van der Waals surface area contributed by atoms with Crippen LogP contribution >= 0.6 is 0 Å². The van der Waals surface area contributed by atoms with Gasteiger partial charge in [0.05, 0.1) is 0 Å². The summed E-state index contributed by atoms with van der Waals surface area (Å²) in [4.78, 5) is 0. The summed E-state index contributed by atoms with van der Waals surface area (Å²) in [5.41, 5.74) is 10.8. The van der Waals surface area contributed by atoms with Crippen LogP contribution in [0.25, 0.3) is 0 Å². The number of aryl methyl sites for hydroxylation is 1. The Morgan fingerprint density at radius 3 is 2.21 bits per heavy atom. The Balaban J connectivity index is 1.77. The lowest BCUT2D eigenvalue weighted by atomic mass is 9.85. The normalized spacial score (nSPS) is 18.0. The second-order valence-electron chi connectivity index (χ2n) is 5.82. The summed E-state index contributed by atoms with van der Waals surface area (Å²) < 4.78 is 0. The summed E-state index contributed by atoms with van der Waals surface area (Å²) in [6.07, 6.45) is 3.42. The van der Waals surface area contributed by atoms with Gasteiger partial charge in [-0.3, -0.25) is 0 Å². The maximum atomic E-state index is 6.52. The Morgan fingerprint density at radius 1 is 1.00 bits per heavy atom. The van der Waals surface area contributed by atoms with Crippen molar-refractivity contribution < 1.29 is 0 Å². The van der Waals surface area contributed by atoms with E-state index in [4.69, 9.17) is 5.73 Å². The van der Waals surface area contributed by atoms with Crippen molar-refractivity contribution in [3.8, 4) is 0 Å². The van der Waals surface area contributed by atoms with Crippen LogP contribution in [0.2, 0.25) is 0 Å². The van der Waals surface area contributed by atoms with E-state index >= 15 is 0 Å². The van der Waals surface area contributed by atoms with Gasteiger partial charge in [-0.2, -0.15) is 0 Å². The first-order chi connectivity index (χ1) is 9.21. The molecule has 0 radical (unpaired) electrons. The molecule has 2 aromatic rings. The quantitative estimate of drug-likeness (QED) is 0.883. The van der Waals surface area contributed by atoms with Crippen LogP contribution in [0.15, 0.2) is 54.6 Å². The number of rotatable bonds is 4. The topological polar surface area (TPSA) is 26.0 Å². The smallest absolute Gasteiger partial charge is 0.0177 e. The van der Waals surface area contributed by atoms with E-state index < -0.39 is 0 Å². The average molecular weight is 251 g/mol. The van der Waals surface area contributed by atoms with Crippen LogP contribution in [0.4, 0.5) is 0 Å². The van der Waals surface area contributed by atoms with Gasteiger partial charge in [0, 0.05) is 11.5 Å². The zero-order chi connectivity index (χ0) is 13.3. The molecule has 2 N–H and O–H groups in total. The van der Waals surface area contributed by atoms with Gasteiger partial charge < -0.3 is 5.73 Å². The average Bonchev–Trinajstić information content (AvgIpc) is 3.24. The zero-order valence-corrected chi connectivity index (χ0v) is 11.5. The van der Waals surface area contributed by atoms with Crippen molar-refractivity contribution in [2.45, 2.75) is 37.6 Å². The summed E-state index contributed by atoms with van der Waals surface area (Å²) in [5, 5.41) is 0. The molecule has 19 heavy (non-hydrogen) atoms. The minimum atomic E-state index is 0.220. The lowest BCUT2D eigenvalue weighted by Gasteiger charge is -2.24. The van der Waals surface area contributed by atoms with Crippen LogP contribution < -0.4 is 5.73 Å². The second-order valence-corrected chi connectivity index (χ2v) is 5.82. The lowest BCUT2D eigenvalue weighted by Crippen LogP contribution is -2.36. The standard InChI is InChI=1S/C18H21N/c1-14-7-9-15(10-8-14)13-17(19)18(11-12-18)16-5-3-2-4-6-16/h2-10,17H,11-13,19H2,1H3. The van der Waals surface area contributed by atoms with Gasteiger partial charge in [-0.15, -0.1) is 0 Å². The molecule has 98 valence electrons. The second kappa shape index (κ2) is 4.82. The van der Waals surface area contributed by atoms with Crippen LogP contribution in [0, 0.1) is 6.92 Å². The van der Waals surface area contributed by atoms with E-state index in [9.17, 15) is 0 Å². The summed E-state index contributed by atoms with van der Waals surface area (Å²) in [5.74, 6) is 0. The van der Waals surface area contributed by atoms with Crippen LogP contribution in [-0.4, -0.2) is 6.04 Å². The summed E-state index contributed by atoms with van der Waals surface area (Å²) in [6, 6.07) is 19.7. The molecule has 1 aliphatic carbocycles. The van der Waals surface area contributed by atoms with Crippen molar-refractivity contribution in [3.63, 3.8) is 0 Å². The summed E-state index contributed by atoms with van der Waals surface area (Å²) in [6.45, 7) is 2.12. The van der Waals surface area contributed by atoms with Crippen molar-refractivity contribution in [3.05, 3.63) is 71.3 Å². The minimum Gasteiger partial charge on any atom is -0.327 e. The number of hydrogen-bond donors (Lipinski definition) is 1. The van der Waals surface area contributed by atoms with E-state index in [1.165, 1.54) is 29.5 Å². The molecule has 0 spiro atoms. The molecule has 1 heteroatoms. The summed E-state index contributed by atoms with van der Waals surface area (Å²) >= 11 is 0. The zero-order valence-electron chi connectivity index (χ0n) is 11.5. The molecular weight excluding hydrogens is 230 g/mol. The van der Waals surface area contributed by atoms with Gasteiger partial charge in [0.1, 0.15) is 0 Å². The third kappa shape index (κ3) is 2.43. The van der Waals surface area contributed by atoms with Gasteiger partial charge in [-0.05, 0) is 37.3 Å². The maximum Gasteiger partial charge on any atom is 0.0177 e. The van der Waals surface area contributed by atoms with Crippen LogP contribution in [-0.2, 0) is 11.8 Å². The molecule has 0 heterocycles. The Hall–Kier alpha value is -1.60. The fourth-order valence-corrected chi connectivity index (χ4v) is 2.95. The first-order valence-corrected chi connectivity index (χ1v) is 7.07. The molecule has 0 aromatic heterocycles. The van der Waals surface area contributed by atoms with E-state index in [-0.39, 0.29) is 11.5 Å². The first kappa shape index (κ1) is 12.4. The molecule has 0 aliphatic heterocycles. The SMILES string of the molecule is Cc1ccc(CC(N)C2(c3ccccc3)CC2)cc1. The van der Waals surface area contributed by atoms with Crippen LogP contribution in [0.1, 0.15) is 29.5 Å². The van der Waals surface area contributed by atoms with Gasteiger partial charge in [0.2, 0.25) is 0 Å². The van der Waals surface area contributed by atoms with Crippen LogP contribution in [0.5, 0.6) is 0 Å². The Labute approximate surface area is 115 Å².